The molecule has 0 spiro atoms. The number of benzene rings is 1. The van der Waals surface area contributed by atoms with E-state index in [-0.39, 0.29) is 5.69 Å². The molecule has 2 aromatic rings. The van der Waals surface area contributed by atoms with Crippen LogP contribution in [-0.2, 0) is 18.3 Å². The predicted octanol–water partition coefficient (Wildman–Crippen LogP) is 2.90. The maximum Gasteiger partial charge on any atom is 0.269 e. The predicted molar refractivity (Wildman–Crippen MR) is 92.7 cm³/mol. The van der Waals surface area contributed by atoms with Crippen molar-refractivity contribution in [3.05, 3.63) is 46.1 Å². The van der Waals surface area contributed by atoms with E-state index in [9.17, 15) is 10.1 Å². The molecule has 0 radical (unpaired) electrons. The van der Waals surface area contributed by atoms with Crippen LogP contribution in [-0.4, -0.2) is 34.5 Å². The van der Waals surface area contributed by atoms with Crippen molar-refractivity contribution >= 4 is 5.69 Å². The molecule has 0 saturated carbocycles. The standard InChI is InChI=1S/C17H24N4O3/c1-3-24-11-5-4-10-18-12-15-13-20(2)19-17(15)14-6-8-16(9-7-14)21(22)23/h6-9,13,18H,3-5,10-12H2,1-2H3. The Hall–Kier alpha value is -2.25. The van der Waals surface area contributed by atoms with Crippen LogP contribution in [0.5, 0.6) is 0 Å². The fourth-order valence-electron chi connectivity index (χ4n) is 2.47. The minimum absolute atomic E-state index is 0.0867. The zero-order valence-corrected chi connectivity index (χ0v) is 14.2. The van der Waals surface area contributed by atoms with Gasteiger partial charge in [0.05, 0.1) is 10.6 Å². The summed E-state index contributed by atoms with van der Waals surface area (Å²) >= 11 is 0. The summed E-state index contributed by atoms with van der Waals surface area (Å²) in [4.78, 5) is 10.4. The molecule has 0 fully saturated rings. The Bertz CT molecular complexity index is 652. The van der Waals surface area contributed by atoms with Crippen molar-refractivity contribution in [3.63, 3.8) is 0 Å². The van der Waals surface area contributed by atoms with Gasteiger partial charge in [-0.15, -0.1) is 0 Å². The average Bonchev–Trinajstić information content (AvgIpc) is 2.95. The molecule has 7 heteroatoms. The summed E-state index contributed by atoms with van der Waals surface area (Å²) in [5, 5.41) is 18.7. The Balaban J connectivity index is 1.93. The second-order valence-electron chi connectivity index (χ2n) is 5.56. The fraction of sp³-hybridized carbons (Fsp3) is 0.471. The molecular weight excluding hydrogens is 308 g/mol. The van der Waals surface area contributed by atoms with Crippen LogP contribution in [0.2, 0.25) is 0 Å². The van der Waals surface area contributed by atoms with Crippen molar-refractivity contribution in [2.45, 2.75) is 26.3 Å². The highest BCUT2D eigenvalue weighted by Gasteiger charge is 2.12. The quantitative estimate of drug-likeness (QED) is 0.411. The third kappa shape index (κ3) is 5.14. The van der Waals surface area contributed by atoms with Crippen molar-refractivity contribution in [2.75, 3.05) is 19.8 Å². The molecule has 1 N–H and O–H groups in total. The average molecular weight is 332 g/mol. The van der Waals surface area contributed by atoms with Gasteiger partial charge in [-0.05, 0) is 38.4 Å². The molecule has 7 nitrogen and oxygen atoms in total. The number of hydrogen-bond acceptors (Lipinski definition) is 5. The number of nitro groups is 1. The third-order valence-corrected chi connectivity index (χ3v) is 3.67. The molecule has 0 aliphatic heterocycles. The van der Waals surface area contributed by atoms with Crippen molar-refractivity contribution in [3.8, 4) is 11.3 Å². The molecule has 1 aromatic carbocycles. The van der Waals surface area contributed by atoms with Gasteiger partial charge >= 0.3 is 0 Å². The monoisotopic (exact) mass is 332 g/mol. The van der Waals surface area contributed by atoms with Gasteiger partial charge in [-0.1, -0.05) is 0 Å². The number of aryl methyl sites for hydroxylation is 1. The number of hydrogen-bond donors (Lipinski definition) is 1. The number of aromatic nitrogens is 2. The Morgan fingerprint density at radius 1 is 1.29 bits per heavy atom. The summed E-state index contributed by atoms with van der Waals surface area (Å²) in [5.74, 6) is 0. The van der Waals surface area contributed by atoms with Crippen LogP contribution in [0, 0.1) is 10.1 Å². The highest BCUT2D eigenvalue weighted by Crippen LogP contribution is 2.24. The number of non-ortho nitro benzene ring substituents is 1. The molecule has 130 valence electrons. The van der Waals surface area contributed by atoms with E-state index in [2.05, 4.69) is 10.4 Å². The largest absolute Gasteiger partial charge is 0.382 e. The molecule has 0 atom stereocenters. The van der Waals surface area contributed by atoms with Crippen LogP contribution in [0.15, 0.2) is 30.5 Å². The van der Waals surface area contributed by atoms with Gasteiger partial charge in [-0.2, -0.15) is 5.10 Å². The summed E-state index contributed by atoms with van der Waals surface area (Å²) < 4.78 is 7.08. The lowest BCUT2D eigenvalue weighted by Crippen LogP contribution is -2.15. The normalized spacial score (nSPS) is 10.9. The van der Waals surface area contributed by atoms with Crippen LogP contribution >= 0.6 is 0 Å². The van der Waals surface area contributed by atoms with Gasteiger partial charge in [0.2, 0.25) is 0 Å². The van der Waals surface area contributed by atoms with E-state index in [1.807, 2.05) is 20.2 Å². The molecule has 0 bridgehead atoms. The van der Waals surface area contributed by atoms with Crippen LogP contribution in [0.25, 0.3) is 11.3 Å². The summed E-state index contributed by atoms with van der Waals surface area (Å²) in [6.07, 6.45) is 4.08. The Morgan fingerprint density at radius 3 is 2.71 bits per heavy atom. The number of nitrogens with one attached hydrogen (secondary N) is 1. The second-order valence-corrected chi connectivity index (χ2v) is 5.56. The lowest BCUT2D eigenvalue weighted by atomic mass is 10.1. The van der Waals surface area contributed by atoms with Gasteiger partial charge in [0.15, 0.2) is 0 Å². The van der Waals surface area contributed by atoms with E-state index >= 15 is 0 Å². The molecule has 1 aromatic heterocycles. The SMILES string of the molecule is CCOCCCCNCc1cn(C)nc1-c1ccc([N+](=O)[O-])cc1. The molecular formula is C17H24N4O3. The summed E-state index contributed by atoms with van der Waals surface area (Å²) in [6, 6.07) is 6.50. The zero-order valence-electron chi connectivity index (χ0n) is 14.2. The number of rotatable bonds is 10. The lowest BCUT2D eigenvalue weighted by Gasteiger charge is -2.06. The van der Waals surface area contributed by atoms with E-state index < -0.39 is 4.92 Å². The van der Waals surface area contributed by atoms with Crippen molar-refractivity contribution < 1.29 is 9.66 Å². The van der Waals surface area contributed by atoms with Gasteiger partial charge in [0.25, 0.3) is 5.69 Å². The van der Waals surface area contributed by atoms with Crippen molar-refractivity contribution in [2.24, 2.45) is 7.05 Å². The first-order valence-corrected chi connectivity index (χ1v) is 8.17. The molecule has 1 heterocycles. The van der Waals surface area contributed by atoms with Crippen LogP contribution in [0.3, 0.4) is 0 Å². The minimum atomic E-state index is -0.396. The zero-order chi connectivity index (χ0) is 17.4. The smallest absolute Gasteiger partial charge is 0.269 e. The van der Waals surface area contributed by atoms with E-state index in [0.717, 1.165) is 56.0 Å². The van der Waals surface area contributed by atoms with Gasteiger partial charge in [0, 0.05) is 56.3 Å². The molecule has 0 aliphatic rings. The van der Waals surface area contributed by atoms with Crippen LogP contribution < -0.4 is 5.32 Å². The van der Waals surface area contributed by atoms with E-state index in [1.165, 1.54) is 12.1 Å². The Morgan fingerprint density at radius 2 is 2.04 bits per heavy atom. The van der Waals surface area contributed by atoms with Crippen molar-refractivity contribution in [1.82, 2.24) is 15.1 Å². The summed E-state index contributed by atoms with van der Waals surface area (Å²) in [7, 11) is 1.88. The topological polar surface area (TPSA) is 82.2 Å². The molecule has 2 rings (SSSR count). The molecule has 0 unspecified atom stereocenters. The number of unbranched alkanes of at least 4 members (excludes halogenated alkanes) is 1. The fourth-order valence-corrected chi connectivity index (χ4v) is 2.47. The summed E-state index contributed by atoms with van der Waals surface area (Å²) in [5.41, 5.74) is 2.91. The first-order chi connectivity index (χ1) is 11.6. The van der Waals surface area contributed by atoms with E-state index in [0.29, 0.717) is 0 Å². The third-order valence-electron chi connectivity index (χ3n) is 3.67. The Kier molecular flexibility index (Phi) is 6.89. The molecule has 0 aliphatic carbocycles. The van der Waals surface area contributed by atoms with Gasteiger partial charge < -0.3 is 10.1 Å². The highest BCUT2D eigenvalue weighted by molar-refractivity contribution is 5.64. The molecule has 0 saturated heterocycles. The number of ether oxygens (including phenoxy) is 1. The summed E-state index contributed by atoms with van der Waals surface area (Å²) in [6.45, 7) is 5.21. The van der Waals surface area contributed by atoms with Crippen LogP contribution in [0.4, 0.5) is 5.69 Å². The van der Waals surface area contributed by atoms with Crippen LogP contribution in [0.1, 0.15) is 25.3 Å². The first-order valence-electron chi connectivity index (χ1n) is 8.17. The maximum atomic E-state index is 10.8. The maximum absolute atomic E-state index is 10.8. The Labute approximate surface area is 141 Å². The minimum Gasteiger partial charge on any atom is -0.382 e. The number of nitro benzene ring substituents is 1. The number of nitrogens with zero attached hydrogens (tertiary/aromatic N) is 3. The van der Waals surface area contributed by atoms with Gasteiger partial charge in [0.1, 0.15) is 0 Å². The van der Waals surface area contributed by atoms with Gasteiger partial charge in [-0.3, -0.25) is 14.8 Å². The van der Waals surface area contributed by atoms with E-state index in [1.54, 1.807) is 16.8 Å². The van der Waals surface area contributed by atoms with Crippen molar-refractivity contribution in [1.29, 1.82) is 0 Å². The molecule has 0 amide bonds. The van der Waals surface area contributed by atoms with E-state index in [4.69, 9.17) is 4.74 Å². The highest BCUT2D eigenvalue weighted by atomic mass is 16.6. The van der Waals surface area contributed by atoms with Gasteiger partial charge in [-0.25, -0.2) is 0 Å². The molecule has 24 heavy (non-hydrogen) atoms. The second kappa shape index (κ2) is 9.14. The lowest BCUT2D eigenvalue weighted by molar-refractivity contribution is -0.384. The first kappa shape index (κ1) is 18.1.